The van der Waals surface area contributed by atoms with Gasteiger partial charge in [0.2, 0.25) is 0 Å². The van der Waals surface area contributed by atoms with Crippen LogP contribution in [-0.2, 0) is 0 Å². The molecule has 0 saturated carbocycles. The maximum Gasteiger partial charge on any atom is 0.319 e. The molecule has 1 aromatic carbocycles. The van der Waals surface area contributed by atoms with Crippen molar-refractivity contribution in [2.24, 2.45) is 0 Å². The largest absolute Gasteiger partial charge is 0.395 e. The lowest BCUT2D eigenvalue weighted by Gasteiger charge is -2.20. The number of carbonyl (C=O) groups is 1. The molecule has 0 radical (unpaired) electrons. The second kappa shape index (κ2) is 6.92. The Morgan fingerprint density at radius 2 is 2.10 bits per heavy atom. The van der Waals surface area contributed by atoms with Crippen LogP contribution in [0.1, 0.15) is 32.8 Å². The smallest absolute Gasteiger partial charge is 0.319 e. The van der Waals surface area contributed by atoms with Gasteiger partial charge in [-0.2, -0.15) is 0 Å². The van der Waals surface area contributed by atoms with Gasteiger partial charge in [-0.15, -0.1) is 0 Å². The van der Waals surface area contributed by atoms with Crippen molar-refractivity contribution < 1.29 is 14.3 Å². The number of halogens is 1. The normalized spacial score (nSPS) is 10.4. The van der Waals surface area contributed by atoms with Crippen molar-refractivity contribution in [3.8, 4) is 11.8 Å². The van der Waals surface area contributed by atoms with E-state index in [9.17, 15) is 9.18 Å². The maximum atomic E-state index is 13.8. The van der Waals surface area contributed by atoms with Crippen molar-refractivity contribution in [1.29, 1.82) is 0 Å². The monoisotopic (exact) mass is 278 g/mol. The Balaban J connectivity index is 2.74. The summed E-state index contributed by atoms with van der Waals surface area (Å²) in [5.41, 5.74) is 0.202. The number of aliphatic hydroxyl groups excluding tert-OH is 1. The lowest BCUT2D eigenvalue weighted by molar-refractivity contribution is 0.243. The third kappa shape index (κ3) is 5.72. The summed E-state index contributed by atoms with van der Waals surface area (Å²) in [5, 5.41) is 13.7. The van der Waals surface area contributed by atoms with Gasteiger partial charge in [0.05, 0.1) is 12.3 Å². The maximum absolute atomic E-state index is 13.8. The number of nitrogens with one attached hydrogen (secondary N) is 2. The van der Waals surface area contributed by atoms with Gasteiger partial charge in [-0.05, 0) is 39.0 Å². The van der Waals surface area contributed by atoms with Gasteiger partial charge >= 0.3 is 6.03 Å². The zero-order valence-electron chi connectivity index (χ0n) is 11.9. The Hall–Kier alpha value is -2.06. The molecule has 3 N–H and O–H groups in total. The lowest BCUT2D eigenvalue weighted by atomic mass is 10.1. The van der Waals surface area contributed by atoms with Gasteiger partial charge < -0.3 is 15.7 Å². The average Bonchev–Trinajstić information content (AvgIpc) is 2.30. The SMILES string of the molecule is CC(C)(C)NC(=O)Nc1ccc(C#CCCO)cc1F. The molecular weight excluding hydrogens is 259 g/mol. The van der Waals surface area contributed by atoms with Crippen LogP contribution in [0, 0.1) is 17.7 Å². The molecule has 108 valence electrons. The number of hydrogen-bond acceptors (Lipinski definition) is 2. The van der Waals surface area contributed by atoms with Gasteiger partial charge in [-0.1, -0.05) is 11.8 Å². The number of amides is 2. The Morgan fingerprint density at radius 1 is 1.40 bits per heavy atom. The van der Waals surface area contributed by atoms with E-state index in [0.29, 0.717) is 12.0 Å². The predicted molar refractivity (Wildman–Crippen MR) is 76.9 cm³/mol. The van der Waals surface area contributed by atoms with Crippen LogP contribution < -0.4 is 10.6 Å². The van der Waals surface area contributed by atoms with Crippen LogP contribution in [0.3, 0.4) is 0 Å². The molecule has 0 unspecified atom stereocenters. The third-order valence-electron chi connectivity index (χ3n) is 2.18. The minimum atomic E-state index is -0.551. The van der Waals surface area contributed by atoms with Crippen molar-refractivity contribution in [3.63, 3.8) is 0 Å². The van der Waals surface area contributed by atoms with Crippen molar-refractivity contribution in [2.45, 2.75) is 32.7 Å². The molecule has 0 spiro atoms. The van der Waals surface area contributed by atoms with Gasteiger partial charge in [0.25, 0.3) is 0 Å². The van der Waals surface area contributed by atoms with E-state index < -0.39 is 17.4 Å². The van der Waals surface area contributed by atoms with Crippen LogP contribution in [0.5, 0.6) is 0 Å². The molecule has 0 aromatic heterocycles. The van der Waals surface area contributed by atoms with Gasteiger partial charge in [-0.3, -0.25) is 0 Å². The Labute approximate surface area is 118 Å². The second-order valence-electron chi connectivity index (χ2n) is 5.30. The number of anilines is 1. The lowest BCUT2D eigenvalue weighted by Crippen LogP contribution is -2.43. The van der Waals surface area contributed by atoms with Crippen LogP contribution in [0.2, 0.25) is 0 Å². The van der Waals surface area contributed by atoms with E-state index in [0.717, 1.165) is 0 Å². The predicted octanol–water partition coefficient (Wildman–Crippen LogP) is 2.48. The first-order valence-corrected chi connectivity index (χ1v) is 6.30. The number of rotatable bonds is 2. The highest BCUT2D eigenvalue weighted by Crippen LogP contribution is 2.15. The van der Waals surface area contributed by atoms with E-state index in [1.54, 1.807) is 6.07 Å². The summed E-state index contributed by atoms with van der Waals surface area (Å²) in [6, 6.07) is 3.85. The molecule has 0 fully saturated rings. The summed E-state index contributed by atoms with van der Waals surface area (Å²) >= 11 is 0. The molecule has 0 saturated heterocycles. The van der Waals surface area contributed by atoms with Crippen LogP contribution in [-0.4, -0.2) is 23.3 Å². The number of urea groups is 1. The highest BCUT2D eigenvalue weighted by Gasteiger charge is 2.14. The Morgan fingerprint density at radius 3 is 2.65 bits per heavy atom. The quantitative estimate of drug-likeness (QED) is 0.728. The van der Waals surface area contributed by atoms with E-state index >= 15 is 0 Å². The van der Waals surface area contributed by atoms with E-state index in [1.165, 1.54) is 12.1 Å². The van der Waals surface area contributed by atoms with Crippen molar-refractivity contribution in [1.82, 2.24) is 5.32 Å². The van der Waals surface area contributed by atoms with E-state index in [4.69, 9.17) is 5.11 Å². The minimum Gasteiger partial charge on any atom is -0.395 e. The fourth-order valence-corrected chi connectivity index (χ4v) is 1.41. The molecule has 1 aromatic rings. The van der Waals surface area contributed by atoms with Gasteiger partial charge in [0, 0.05) is 17.5 Å². The van der Waals surface area contributed by atoms with E-state index in [-0.39, 0.29) is 12.3 Å². The van der Waals surface area contributed by atoms with Crippen LogP contribution >= 0.6 is 0 Å². The first-order chi connectivity index (χ1) is 9.31. The standard InChI is InChI=1S/C15H19FN2O2/c1-15(2,3)18-14(20)17-13-8-7-11(10-12(13)16)6-4-5-9-19/h7-8,10,19H,5,9H2,1-3H3,(H2,17,18,20). The number of hydrogen-bond donors (Lipinski definition) is 3. The molecular formula is C15H19FN2O2. The summed E-state index contributed by atoms with van der Waals surface area (Å²) in [6.07, 6.45) is 0.343. The Bertz CT molecular complexity index is 539. The van der Waals surface area contributed by atoms with Crippen molar-refractivity contribution in [2.75, 3.05) is 11.9 Å². The molecule has 0 aliphatic carbocycles. The van der Waals surface area contributed by atoms with Gasteiger partial charge in [-0.25, -0.2) is 9.18 Å². The Kier molecular flexibility index (Phi) is 5.53. The average molecular weight is 278 g/mol. The third-order valence-corrected chi connectivity index (χ3v) is 2.18. The summed E-state index contributed by atoms with van der Waals surface area (Å²) in [7, 11) is 0. The van der Waals surface area contributed by atoms with E-state index in [1.807, 2.05) is 20.8 Å². The number of aliphatic hydroxyl groups is 1. The summed E-state index contributed by atoms with van der Waals surface area (Å²) in [5.74, 6) is 4.88. The zero-order valence-corrected chi connectivity index (χ0v) is 11.9. The molecule has 0 aliphatic heterocycles. The summed E-state index contributed by atoms with van der Waals surface area (Å²) in [6.45, 7) is 5.48. The molecule has 0 atom stereocenters. The first-order valence-electron chi connectivity index (χ1n) is 6.30. The summed E-state index contributed by atoms with van der Waals surface area (Å²) in [4.78, 5) is 11.6. The van der Waals surface area contributed by atoms with Crippen molar-refractivity contribution >= 4 is 11.7 Å². The van der Waals surface area contributed by atoms with Gasteiger partial charge in [0.1, 0.15) is 5.82 Å². The van der Waals surface area contributed by atoms with Gasteiger partial charge in [0.15, 0.2) is 0 Å². The van der Waals surface area contributed by atoms with Crippen LogP contribution in [0.25, 0.3) is 0 Å². The van der Waals surface area contributed by atoms with E-state index in [2.05, 4.69) is 22.5 Å². The minimum absolute atomic E-state index is 0.0257. The highest BCUT2D eigenvalue weighted by molar-refractivity contribution is 5.89. The van der Waals surface area contributed by atoms with Crippen LogP contribution in [0.4, 0.5) is 14.9 Å². The first kappa shape index (κ1) is 16.0. The molecule has 0 bridgehead atoms. The number of benzene rings is 1. The topological polar surface area (TPSA) is 61.4 Å². The highest BCUT2D eigenvalue weighted by atomic mass is 19.1. The molecule has 1 rings (SSSR count). The fraction of sp³-hybridized carbons (Fsp3) is 0.400. The second-order valence-corrected chi connectivity index (χ2v) is 5.30. The van der Waals surface area contributed by atoms with Crippen LogP contribution in [0.15, 0.2) is 18.2 Å². The van der Waals surface area contributed by atoms with Crippen molar-refractivity contribution in [3.05, 3.63) is 29.6 Å². The fourth-order valence-electron chi connectivity index (χ4n) is 1.41. The number of carbonyl (C=O) groups excluding carboxylic acids is 1. The zero-order chi connectivity index (χ0) is 15.2. The molecule has 20 heavy (non-hydrogen) atoms. The molecule has 4 nitrogen and oxygen atoms in total. The molecule has 0 heterocycles. The molecule has 2 amide bonds. The molecule has 5 heteroatoms. The summed E-state index contributed by atoms with van der Waals surface area (Å²) < 4.78 is 13.8. The molecule has 0 aliphatic rings.